The molecule has 0 fully saturated rings. The molecule has 0 bridgehead atoms. The minimum atomic E-state index is -1.04. The first-order chi connectivity index (χ1) is 19.9. The topological polar surface area (TPSA) is 113 Å². The summed E-state index contributed by atoms with van der Waals surface area (Å²) in [7, 11) is 0. The average molecular weight is 573 g/mol. The Morgan fingerprint density at radius 3 is 2.51 bits per heavy atom. The predicted octanol–water partition coefficient (Wildman–Crippen LogP) is 5.38. The standard InChI is InChI=1S/C31H36N6O3S/c1-4-5-18-36(31-33-34-35-37(31)24-12-7-6-8-13-24)21-23-15-16-26(27(20-23)25-14-10-9-11-22(25)2)29(38)32-28(30(39)40)17-19-41-3/h6-16,20,28H,4-5,17-19,21H2,1-3H3,(H,32,38)(H,39,40)/t28-/m0/s1. The van der Waals surface area contributed by atoms with E-state index in [1.807, 2.05) is 79.9 Å². The normalized spacial score (nSPS) is 11.7. The molecule has 1 heterocycles. The number of unbranched alkanes of at least 4 members (excludes halogenated alkanes) is 1. The molecule has 9 nitrogen and oxygen atoms in total. The number of carboxylic acid groups (broad SMARTS) is 1. The highest BCUT2D eigenvalue weighted by Gasteiger charge is 2.23. The molecule has 10 heteroatoms. The summed E-state index contributed by atoms with van der Waals surface area (Å²) < 4.78 is 1.74. The summed E-state index contributed by atoms with van der Waals surface area (Å²) in [5.41, 5.74) is 4.99. The van der Waals surface area contributed by atoms with Gasteiger partial charge in [-0.2, -0.15) is 16.4 Å². The molecule has 0 aliphatic heterocycles. The molecule has 1 amide bonds. The van der Waals surface area contributed by atoms with E-state index in [1.54, 1.807) is 22.5 Å². The Labute approximate surface area is 245 Å². The van der Waals surface area contributed by atoms with Crippen molar-refractivity contribution in [1.82, 2.24) is 25.5 Å². The Bertz CT molecular complexity index is 1460. The van der Waals surface area contributed by atoms with Crippen LogP contribution in [0, 0.1) is 6.92 Å². The molecule has 214 valence electrons. The Morgan fingerprint density at radius 2 is 1.80 bits per heavy atom. The number of aromatic nitrogens is 4. The lowest BCUT2D eigenvalue weighted by Gasteiger charge is -2.24. The maximum Gasteiger partial charge on any atom is 0.326 e. The highest BCUT2D eigenvalue weighted by molar-refractivity contribution is 7.98. The second kappa shape index (κ2) is 14.5. The zero-order chi connectivity index (χ0) is 29.2. The van der Waals surface area contributed by atoms with Crippen molar-refractivity contribution in [2.45, 2.75) is 45.7 Å². The Kier molecular flexibility index (Phi) is 10.5. The van der Waals surface area contributed by atoms with Crippen LogP contribution in [0.2, 0.25) is 0 Å². The minimum absolute atomic E-state index is 0.350. The Morgan fingerprint density at radius 1 is 1.05 bits per heavy atom. The van der Waals surface area contributed by atoms with Crippen molar-refractivity contribution in [2.75, 3.05) is 23.5 Å². The maximum absolute atomic E-state index is 13.5. The first-order valence-corrected chi connectivity index (χ1v) is 15.1. The van der Waals surface area contributed by atoms with Crippen molar-refractivity contribution in [3.63, 3.8) is 0 Å². The molecule has 41 heavy (non-hydrogen) atoms. The van der Waals surface area contributed by atoms with Crippen LogP contribution in [0.15, 0.2) is 72.8 Å². The van der Waals surface area contributed by atoms with Gasteiger partial charge in [0, 0.05) is 18.7 Å². The number of hydrogen-bond acceptors (Lipinski definition) is 7. The fourth-order valence-corrected chi connectivity index (χ4v) is 5.12. The second-order valence-corrected chi connectivity index (χ2v) is 10.8. The van der Waals surface area contributed by atoms with Gasteiger partial charge in [-0.1, -0.05) is 67.0 Å². The summed E-state index contributed by atoms with van der Waals surface area (Å²) in [6.45, 7) is 5.43. The highest BCUT2D eigenvalue weighted by atomic mass is 32.2. The lowest BCUT2D eigenvalue weighted by Crippen LogP contribution is -2.41. The van der Waals surface area contributed by atoms with E-state index in [2.05, 4.69) is 32.7 Å². The molecule has 0 saturated carbocycles. The van der Waals surface area contributed by atoms with Gasteiger partial charge < -0.3 is 15.3 Å². The van der Waals surface area contributed by atoms with Crippen molar-refractivity contribution < 1.29 is 14.7 Å². The molecule has 0 aliphatic carbocycles. The zero-order valence-corrected chi connectivity index (χ0v) is 24.5. The number of tetrazole rings is 1. The van der Waals surface area contributed by atoms with Gasteiger partial charge in [-0.05, 0) is 88.7 Å². The third-order valence-corrected chi connectivity index (χ3v) is 7.51. The number of anilines is 1. The lowest BCUT2D eigenvalue weighted by atomic mass is 9.93. The van der Waals surface area contributed by atoms with Gasteiger partial charge in [-0.25, -0.2) is 4.79 Å². The number of hydrogen-bond donors (Lipinski definition) is 2. The first kappa shape index (κ1) is 29.8. The van der Waals surface area contributed by atoms with Gasteiger partial charge in [0.05, 0.1) is 5.69 Å². The summed E-state index contributed by atoms with van der Waals surface area (Å²) in [5.74, 6) is -0.165. The third kappa shape index (κ3) is 7.52. The predicted molar refractivity (Wildman–Crippen MR) is 164 cm³/mol. The number of aliphatic carboxylic acids is 1. The monoisotopic (exact) mass is 572 g/mol. The van der Waals surface area contributed by atoms with Gasteiger partial charge >= 0.3 is 5.97 Å². The molecule has 0 saturated heterocycles. The molecule has 4 rings (SSSR count). The number of thioether (sulfide) groups is 1. The summed E-state index contributed by atoms with van der Waals surface area (Å²) in [4.78, 5) is 27.5. The summed E-state index contributed by atoms with van der Waals surface area (Å²) in [6.07, 6.45) is 4.23. The van der Waals surface area contributed by atoms with Crippen LogP contribution >= 0.6 is 11.8 Å². The Hall–Kier alpha value is -4.18. The first-order valence-electron chi connectivity index (χ1n) is 13.7. The van der Waals surface area contributed by atoms with Gasteiger partial charge in [0.2, 0.25) is 0 Å². The summed E-state index contributed by atoms with van der Waals surface area (Å²) in [5, 5.41) is 25.0. The molecule has 3 aromatic carbocycles. The van der Waals surface area contributed by atoms with Crippen LogP contribution in [0.1, 0.15) is 47.7 Å². The third-order valence-electron chi connectivity index (χ3n) is 6.87. The van der Waals surface area contributed by atoms with Crippen molar-refractivity contribution in [3.8, 4) is 16.8 Å². The number of amides is 1. The number of para-hydroxylation sites is 1. The Balaban J connectivity index is 1.71. The molecule has 4 aromatic rings. The SMILES string of the molecule is CCCCN(Cc1ccc(C(=O)N[C@@H](CCSC)C(=O)O)c(-c2ccccc2C)c1)c1nnnn1-c1ccccc1. The number of rotatable bonds is 14. The number of carbonyl (C=O) groups is 2. The fraction of sp³-hybridized carbons (Fsp3) is 0.323. The summed E-state index contributed by atoms with van der Waals surface area (Å²) >= 11 is 1.55. The van der Waals surface area contributed by atoms with E-state index in [4.69, 9.17) is 0 Å². The molecule has 0 unspecified atom stereocenters. The molecule has 0 spiro atoms. The van der Waals surface area contributed by atoms with E-state index in [0.717, 1.165) is 47.3 Å². The van der Waals surface area contributed by atoms with Crippen LogP contribution in [-0.4, -0.2) is 61.8 Å². The van der Waals surface area contributed by atoms with Gasteiger partial charge in [-0.15, -0.1) is 0 Å². The smallest absolute Gasteiger partial charge is 0.326 e. The minimum Gasteiger partial charge on any atom is -0.480 e. The highest BCUT2D eigenvalue weighted by Crippen LogP contribution is 2.29. The van der Waals surface area contributed by atoms with Crippen LogP contribution in [0.25, 0.3) is 16.8 Å². The molecular weight excluding hydrogens is 536 g/mol. The number of nitrogens with one attached hydrogen (secondary N) is 1. The number of carboxylic acids is 1. The fourth-order valence-electron chi connectivity index (χ4n) is 4.65. The van der Waals surface area contributed by atoms with Crippen LogP contribution in [0.5, 0.6) is 0 Å². The van der Waals surface area contributed by atoms with Crippen molar-refractivity contribution in [1.29, 1.82) is 0 Å². The lowest BCUT2D eigenvalue weighted by molar-refractivity contribution is -0.139. The van der Waals surface area contributed by atoms with Crippen molar-refractivity contribution in [2.24, 2.45) is 0 Å². The molecule has 1 atom stereocenters. The van der Waals surface area contributed by atoms with E-state index in [0.29, 0.717) is 30.2 Å². The van der Waals surface area contributed by atoms with E-state index in [1.165, 1.54) is 0 Å². The largest absolute Gasteiger partial charge is 0.480 e. The number of aryl methyl sites for hydroxylation is 1. The number of carbonyl (C=O) groups excluding carboxylic acids is 1. The second-order valence-electron chi connectivity index (χ2n) is 9.84. The van der Waals surface area contributed by atoms with Crippen LogP contribution < -0.4 is 10.2 Å². The van der Waals surface area contributed by atoms with E-state index >= 15 is 0 Å². The molecule has 2 N–H and O–H groups in total. The quantitative estimate of drug-likeness (QED) is 0.207. The van der Waals surface area contributed by atoms with Crippen molar-refractivity contribution >= 4 is 29.6 Å². The molecular formula is C31H36N6O3S. The molecule has 1 aromatic heterocycles. The van der Waals surface area contributed by atoms with Crippen molar-refractivity contribution in [3.05, 3.63) is 89.5 Å². The van der Waals surface area contributed by atoms with Gasteiger partial charge in [0.1, 0.15) is 6.04 Å². The van der Waals surface area contributed by atoms with Crippen LogP contribution in [0.3, 0.4) is 0 Å². The van der Waals surface area contributed by atoms with E-state index in [9.17, 15) is 14.7 Å². The van der Waals surface area contributed by atoms with Gasteiger partial charge in [-0.3, -0.25) is 4.79 Å². The van der Waals surface area contributed by atoms with E-state index in [-0.39, 0.29) is 0 Å². The number of benzene rings is 3. The average Bonchev–Trinajstić information content (AvgIpc) is 3.48. The van der Waals surface area contributed by atoms with Crippen LogP contribution in [0.4, 0.5) is 5.95 Å². The van der Waals surface area contributed by atoms with Crippen LogP contribution in [-0.2, 0) is 11.3 Å². The van der Waals surface area contributed by atoms with Gasteiger partial charge in [0.25, 0.3) is 11.9 Å². The van der Waals surface area contributed by atoms with Gasteiger partial charge in [0.15, 0.2) is 0 Å². The van der Waals surface area contributed by atoms with E-state index < -0.39 is 17.9 Å². The summed E-state index contributed by atoms with van der Waals surface area (Å²) in [6, 6.07) is 22.4. The zero-order valence-electron chi connectivity index (χ0n) is 23.7. The molecule has 0 radical (unpaired) electrons. The molecule has 0 aliphatic rings. The maximum atomic E-state index is 13.5. The number of nitrogens with zero attached hydrogens (tertiary/aromatic N) is 5.